The van der Waals surface area contributed by atoms with Crippen molar-refractivity contribution in [3.05, 3.63) is 35.9 Å². The van der Waals surface area contributed by atoms with Crippen LogP contribution in [0.5, 0.6) is 5.75 Å². The summed E-state index contributed by atoms with van der Waals surface area (Å²) in [5.41, 5.74) is 6.39. The molecule has 0 bridgehead atoms. The maximum atomic E-state index is 5.68. The van der Waals surface area contributed by atoms with Crippen LogP contribution < -0.4 is 10.5 Å². The molecule has 1 aromatic carbocycles. The standard InChI is InChI=1S/C13H16N4O/c14-10-2-1-3-11(8-10)18-7-6-12-15-13(17-16-12)9-4-5-9/h1-3,8-9H,4-7,14H2,(H,15,16,17). The smallest absolute Gasteiger partial charge is 0.153 e. The van der Waals surface area contributed by atoms with Gasteiger partial charge in [-0.05, 0) is 25.0 Å². The number of nitrogens with one attached hydrogen (secondary N) is 1. The molecule has 18 heavy (non-hydrogen) atoms. The van der Waals surface area contributed by atoms with Crippen molar-refractivity contribution < 1.29 is 4.74 Å². The number of aromatic nitrogens is 3. The van der Waals surface area contributed by atoms with Crippen LogP contribution in [0.15, 0.2) is 24.3 Å². The van der Waals surface area contributed by atoms with Crippen LogP contribution in [-0.4, -0.2) is 21.8 Å². The maximum Gasteiger partial charge on any atom is 0.153 e. The molecule has 94 valence electrons. The van der Waals surface area contributed by atoms with Gasteiger partial charge in [-0.3, -0.25) is 5.10 Å². The van der Waals surface area contributed by atoms with Crippen LogP contribution in [0.2, 0.25) is 0 Å². The fraction of sp³-hybridized carbons (Fsp3) is 0.385. The fourth-order valence-electron chi connectivity index (χ4n) is 1.82. The minimum atomic E-state index is 0.572. The van der Waals surface area contributed by atoms with Crippen molar-refractivity contribution in [1.82, 2.24) is 15.2 Å². The summed E-state index contributed by atoms with van der Waals surface area (Å²) in [6.45, 7) is 0.572. The monoisotopic (exact) mass is 244 g/mol. The van der Waals surface area contributed by atoms with Gasteiger partial charge in [0.1, 0.15) is 11.6 Å². The Labute approximate surface area is 105 Å². The molecule has 1 heterocycles. The van der Waals surface area contributed by atoms with E-state index in [2.05, 4.69) is 15.2 Å². The Balaban J connectivity index is 1.51. The first-order chi connectivity index (χ1) is 8.81. The van der Waals surface area contributed by atoms with Gasteiger partial charge in [0, 0.05) is 24.1 Å². The third-order valence-electron chi connectivity index (χ3n) is 2.96. The van der Waals surface area contributed by atoms with Gasteiger partial charge in [-0.2, -0.15) is 5.10 Å². The number of ether oxygens (including phenoxy) is 1. The van der Waals surface area contributed by atoms with Gasteiger partial charge in [-0.15, -0.1) is 0 Å². The van der Waals surface area contributed by atoms with Crippen molar-refractivity contribution in [2.75, 3.05) is 12.3 Å². The molecule has 0 atom stereocenters. The molecule has 5 nitrogen and oxygen atoms in total. The Morgan fingerprint density at radius 2 is 2.28 bits per heavy atom. The summed E-state index contributed by atoms with van der Waals surface area (Å²) in [6.07, 6.45) is 3.17. The number of anilines is 1. The van der Waals surface area contributed by atoms with Crippen molar-refractivity contribution in [2.45, 2.75) is 25.2 Å². The first-order valence-corrected chi connectivity index (χ1v) is 6.21. The van der Waals surface area contributed by atoms with Crippen LogP contribution in [0.1, 0.15) is 30.4 Å². The molecule has 0 saturated heterocycles. The predicted molar refractivity (Wildman–Crippen MR) is 68.4 cm³/mol. The normalized spacial score (nSPS) is 14.7. The third kappa shape index (κ3) is 2.61. The lowest BCUT2D eigenvalue weighted by atomic mass is 10.3. The number of nitrogens with zero attached hydrogens (tertiary/aromatic N) is 2. The zero-order valence-electron chi connectivity index (χ0n) is 10.1. The van der Waals surface area contributed by atoms with E-state index in [1.807, 2.05) is 24.3 Å². The fourth-order valence-corrected chi connectivity index (χ4v) is 1.82. The van der Waals surface area contributed by atoms with E-state index in [1.54, 1.807) is 0 Å². The number of H-pyrrole nitrogens is 1. The van der Waals surface area contributed by atoms with E-state index in [0.717, 1.165) is 23.8 Å². The van der Waals surface area contributed by atoms with Crippen molar-refractivity contribution in [3.8, 4) is 5.75 Å². The van der Waals surface area contributed by atoms with E-state index in [-0.39, 0.29) is 0 Å². The largest absolute Gasteiger partial charge is 0.493 e. The second-order valence-corrected chi connectivity index (χ2v) is 4.59. The average Bonchev–Trinajstić information content (AvgIpc) is 3.10. The van der Waals surface area contributed by atoms with Gasteiger partial charge in [-0.1, -0.05) is 6.07 Å². The third-order valence-corrected chi connectivity index (χ3v) is 2.96. The summed E-state index contributed by atoms with van der Waals surface area (Å²) in [7, 11) is 0. The Morgan fingerprint density at radius 3 is 3.06 bits per heavy atom. The molecule has 0 amide bonds. The van der Waals surface area contributed by atoms with E-state index in [9.17, 15) is 0 Å². The summed E-state index contributed by atoms with van der Waals surface area (Å²) < 4.78 is 5.61. The number of benzene rings is 1. The van der Waals surface area contributed by atoms with Crippen LogP contribution in [-0.2, 0) is 6.42 Å². The number of nitrogens with two attached hydrogens (primary N) is 1. The first-order valence-electron chi connectivity index (χ1n) is 6.21. The van der Waals surface area contributed by atoms with Gasteiger partial charge >= 0.3 is 0 Å². The molecular formula is C13H16N4O. The van der Waals surface area contributed by atoms with Crippen LogP contribution >= 0.6 is 0 Å². The molecule has 0 unspecified atom stereocenters. The van der Waals surface area contributed by atoms with Gasteiger partial charge in [0.2, 0.25) is 0 Å². The van der Waals surface area contributed by atoms with Gasteiger partial charge in [0.05, 0.1) is 6.61 Å². The van der Waals surface area contributed by atoms with Gasteiger partial charge in [0.25, 0.3) is 0 Å². The van der Waals surface area contributed by atoms with E-state index >= 15 is 0 Å². The zero-order chi connectivity index (χ0) is 12.4. The summed E-state index contributed by atoms with van der Waals surface area (Å²) in [5.74, 6) is 3.22. The highest BCUT2D eigenvalue weighted by atomic mass is 16.5. The zero-order valence-corrected chi connectivity index (χ0v) is 10.1. The molecule has 1 fully saturated rings. The molecule has 3 N–H and O–H groups in total. The lowest BCUT2D eigenvalue weighted by Crippen LogP contribution is -2.03. The maximum absolute atomic E-state index is 5.68. The lowest BCUT2D eigenvalue weighted by molar-refractivity contribution is 0.319. The molecule has 0 aliphatic heterocycles. The van der Waals surface area contributed by atoms with E-state index in [0.29, 0.717) is 18.2 Å². The first kappa shape index (κ1) is 11.1. The summed E-state index contributed by atoms with van der Waals surface area (Å²) in [5, 5.41) is 7.17. The number of hydrogen-bond acceptors (Lipinski definition) is 4. The van der Waals surface area contributed by atoms with Crippen molar-refractivity contribution in [2.24, 2.45) is 0 Å². The summed E-state index contributed by atoms with van der Waals surface area (Å²) in [6, 6.07) is 7.43. The Kier molecular flexibility index (Phi) is 2.88. The molecule has 0 radical (unpaired) electrons. The Hall–Kier alpha value is -2.04. The van der Waals surface area contributed by atoms with Crippen LogP contribution in [0.25, 0.3) is 0 Å². The highest BCUT2D eigenvalue weighted by molar-refractivity contribution is 5.43. The lowest BCUT2D eigenvalue weighted by Gasteiger charge is -2.04. The second-order valence-electron chi connectivity index (χ2n) is 4.59. The number of rotatable bonds is 5. The van der Waals surface area contributed by atoms with Crippen molar-refractivity contribution >= 4 is 5.69 Å². The van der Waals surface area contributed by atoms with Gasteiger partial charge in [0.15, 0.2) is 5.82 Å². The van der Waals surface area contributed by atoms with Gasteiger partial charge < -0.3 is 10.5 Å². The summed E-state index contributed by atoms with van der Waals surface area (Å²) in [4.78, 5) is 4.45. The highest BCUT2D eigenvalue weighted by Gasteiger charge is 2.27. The number of nitrogen functional groups attached to an aromatic ring is 1. The van der Waals surface area contributed by atoms with Crippen LogP contribution in [0, 0.1) is 0 Å². The van der Waals surface area contributed by atoms with Gasteiger partial charge in [-0.25, -0.2) is 4.98 Å². The van der Waals surface area contributed by atoms with Crippen molar-refractivity contribution in [3.63, 3.8) is 0 Å². The summed E-state index contributed by atoms with van der Waals surface area (Å²) >= 11 is 0. The molecule has 1 aliphatic carbocycles. The topological polar surface area (TPSA) is 76.8 Å². The molecule has 1 aromatic heterocycles. The SMILES string of the molecule is Nc1cccc(OCCc2nc(C3CC3)n[nH]2)c1. The highest BCUT2D eigenvalue weighted by Crippen LogP contribution is 2.37. The predicted octanol–water partition coefficient (Wildman–Crippen LogP) is 1.89. The number of aromatic amines is 1. The van der Waals surface area contributed by atoms with E-state index in [4.69, 9.17) is 10.5 Å². The quantitative estimate of drug-likeness (QED) is 0.787. The Bertz CT molecular complexity index is 533. The molecule has 2 aromatic rings. The van der Waals surface area contributed by atoms with E-state index in [1.165, 1.54) is 12.8 Å². The number of hydrogen-bond donors (Lipinski definition) is 2. The Morgan fingerprint density at radius 1 is 1.39 bits per heavy atom. The minimum absolute atomic E-state index is 0.572. The van der Waals surface area contributed by atoms with Crippen molar-refractivity contribution in [1.29, 1.82) is 0 Å². The van der Waals surface area contributed by atoms with Crippen LogP contribution in [0.4, 0.5) is 5.69 Å². The second kappa shape index (κ2) is 4.68. The minimum Gasteiger partial charge on any atom is -0.493 e. The van der Waals surface area contributed by atoms with Crippen LogP contribution in [0.3, 0.4) is 0 Å². The van der Waals surface area contributed by atoms with E-state index < -0.39 is 0 Å². The molecule has 1 aliphatic rings. The molecule has 0 spiro atoms. The molecule has 3 rings (SSSR count). The average molecular weight is 244 g/mol. The molecule has 1 saturated carbocycles. The molecule has 5 heteroatoms. The molecular weight excluding hydrogens is 228 g/mol.